The van der Waals surface area contributed by atoms with Crippen molar-refractivity contribution in [1.29, 1.82) is 0 Å². The highest BCUT2D eigenvalue weighted by Gasteiger charge is 2.10. The van der Waals surface area contributed by atoms with Gasteiger partial charge in [-0.25, -0.2) is 0 Å². The number of hydrogen-bond acceptors (Lipinski definition) is 5. The Labute approximate surface area is 118 Å². The van der Waals surface area contributed by atoms with E-state index in [1.165, 1.54) is 6.21 Å². The van der Waals surface area contributed by atoms with E-state index < -0.39 is 0 Å². The summed E-state index contributed by atoms with van der Waals surface area (Å²) in [5.41, 5.74) is 1.39. The molecule has 20 heavy (non-hydrogen) atoms. The molecule has 1 fully saturated rings. The van der Waals surface area contributed by atoms with Crippen LogP contribution in [0.2, 0.25) is 0 Å². The Morgan fingerprint density at radius 2 is 1.85 bits per heavy atom. The number of hydrogen-bond donors (Lipinski definition) is 1. The SMILES string of the molecule is CN1CCN(\C=N/N=C(/C=N\O)c2ccccc2)CC1. The summed E-state index contributed by atoms with van der Waals surface area (Å²) in [7, 11) is 2.11. The van der Waals surface area contributed by atoms with Crippen LogP contribution in [0.1, 0.15) is 5.56 Å². The van der Waals surface area contributed by atoms with Gasteiger partial charge in [0, 0.05) is 31.7 Å². The van der Waals surface area contributed by atoms with E-state index in [0.29, 0.717) is 5.71 Å². The molecule has 1 heterocycles. The Balaban J connectivity index is 2.03. The van der Waals surface area contributed by atoms with Gasteiger partial charge in [-0.1, -0.05) is 35.5 Å². The predicted octanol–water partition coefficient (Wildman–Crippen LogP) is 1.13. The summed E-state index contributed by atoms with van der Waals surface area (Å²) < 4.78 is 0. The van der Waals surface area contributed by atoms with Crippen LogP contribution in [0.25, 0.3) is 0 Å². The Hall–Kier alpha value is -2.21. The highest BCUT2D eigenvalue weighted by Crippen LogP contribution is 2.01. The summed E-state index contributed by atoms with van der Waals surface area (Å²) in [6, 6.07) is 9.52. The van der Waals surface area contributed by atoms with Crippen molar-refractivity contribution in [2.75, 3.05) is 33.2 Å². The molecule has 6 heteroatoms. The lowest BCUT2D eigenvalue weighted by molar-refractivity contribution is 0.219. The second kappa shape index (κ2) is 7.40. The Kier molecular flexibility index (Phi) is 5.25. The normalized spacial score (nSPS) is 18.2. The molecule has 0 amide bonds. The number of oxime groups is 1. The molecule has 1 aliphatic rings. The predicted molar refractivity (Wildman–Crippen MR) is 80.8 cm³/mol. The number of benzene rings is 1. The molecule has 1 aromatic carbocycles. The first-order valence-corrected chi connectivity index (χ1v) is 6.56. The van der Waals surface area contributed by atoms with Gasteiger partial charge >= 0.3 is 0 Å². The summed E-state index contributed by atoms with van der Waals surface area (Å²) in [6.07, 6.45) is 3.03. The minimum absolute atomic E-state index is 0.526. The van der Waals surface area contributed by atoms with Crippen molar-refractivity contribution >= 4 is 18.3 Å². The first-order chi connectivity index (χ1) is 9.79. The second-order valence-corrected chi connectivity index (χ2v) is 4.67. The molecule has 0 bridgehead atoms. The number of piperazine rings is 1. The first-order valence-electron chi connectivity index (χ1n) is 6.56. The van der Waals surface area contributed by atoms with Crippen LogP contribution in [-0.4, -0.2) is 66.5 Å². The molecular weight excluding hydrogens is 254 g/mol. The third-order valence-electron chi connectivity index (χ3n) is 3.17. The lowest BCUT2D eigenvalue weighted by Crippen LogP contribution is -2.43. The topological polar surface area (TPSA) is 63.8 Å². The fourth-order valence-corrected chi connectivity index (χ4v) is 1.92. The molecule has 1 aliphatic heterocycles. The molecule has 106 valence electrons. The molecule has 2 rings (SSSR count). The minimum atomic E-state index is 0.526. The molecule has 1 aromatic rings. The molecule has 0 saturated carbocycles. The number of likely N-dealkylation sites (N-methyl/N-ethyl adjacent to an activating group) is 1. The van der Waals surface area contributed by atoms with Crippen molar-refractivity contribution in [3.8, 4) is 0 Å². The Bertz CT molecular complexity index is 490. The van der Waals surface area contributed by atoms with Gasteiger partial charge in [0.05, 0.1) is 6.21 Å². The first kappa shape index (κ1) is 14.2. The Morgan fingerprint density at radius 3 is 2.50 bits per heavy atom. The zero-order chi connectivity index (χ0) is 14.2. The average molecular weight is 273 g/mol. The van der Waals surface area contributed by atoms with Gasteiger partial charge in [0.15, 0.2) is 0 Å². The maximum atomic E-state index is 8.70. The summed E-state index contributed by atoms with van der Waals surface area (Å²) in [5, 5.41) is 19.9. The summed E-state index contributed by atoms with van der Waals surface area (Å²) in [6.45, 7) is 3.95. The van der Waals surface area contributed by atoms with Crippen molar-refractivity contribution < 1.29 is 5.21 Å². The molecule has 0 atom stereocenters. The van der Waals surface area contributed by atoms with Crippen LogP contribution in [0.3, 0.4) is 0 Å². The molecule has 0 spiro atoms. The number of rotatable bonds is 4. The standard InChI is InChI=1S/C14H19N5O/c1-18-7-9-19(10-8-18)12-15-17-14(11-16-20)13-5-3-2-4-6-13/h2-6,11-12,20H,7-10H2,1H3/b15-12-,16-11-,17-14-. The third kappa shape index (κ3) is 4.17. The van der Waals surface area contributed by atoms with Crippen LogP contribution in [0, 0.1) is 0 Å². The quantitative estimate of drug-likeness (QED) is 0.387. The van der Waals surface area contributed by atoms with Gasteiger partial charge < -0.3 is 15.0 Å². The van der Waals surface area contributed by atoms with E-state index in [-0.39, 0.29) is 0 Å². The fraction of sp³-hybridized carbons (Fsp3) is 0.357. The lowest BCUT2D eigenvalue weighted by atomic mass is 10.1. The van der Waals surface area contributed by atoms with E-state index in [9.17, 15) is 0 Å². The highest BCUT2D eigenvalue weighted by molar-refractivity contribution is 6.38. The van der Waals surface area contributed by atoms with Crippen LogP contribution in [0.5, 0.6) is 0 Å². The van der Waals surface area contributed by atoms with Crippen LogP contribution in [-0.2, 0) is 0 Å². The molecule has 0 aromatic heterocycles. The summed E-state index contributed by atoms with van der Waals surface area (Å²) in [5.74, 6) is 0. The largest absolute Gasteiger partial charge is 0.411 e. The van der Waals surface area contributed by atoms with Crippen LogP contribution in [0.15, 0.2) is 45.7 Å². The van der Waals surface area contributed by atoms with Gasteiger partial charge in [-0.05, 0) is 7.05 Å². The van der Waals surface area contributed by atoms with Crippen LogP contribution < -0.4 is 0 Å². The smallest absolute Gasteiger partial charge is 0.115 e. The van der Waals surface area contributed by atoms with Crippen molar-refractivity contribution in [2.24, 2.45) is 15.4 Å². The van der Waals surface area contributed by atoms with Crippen molar-refractivity contribution in [1.82, 2.24) is 9.80 Å². The fourth-order valence-electron chi connectivity index (χ4n) is 1.92. The van der Waals surface area contributed by atoms with Gasteiger partial charge in [0.1, 0.15) is 12.1 Å². The van der Waals surface area contributed by atoms with Gasteiger partial charge in [0.2, 0.25) is 0 Å². The third-order valence-corrected chi connectivity index (χ3v) is 3.17. The molecule has 1 saturated heterocycles. The molecule has 0 radical (unpaired) electrons. The van der Waals surface area contributed by atoms with Crippen molar-refractivity contribution in [2.45, 2.75) is 0 Å². The zero-order valence-electron chi connectivity index (χ0n) is 11.6. The minimum Gasteiger partial charge on any atom is -0.411 e. The van der Waals surface area contributed by atoms with Gasteiger partial charge in [-0.3, -0.25) is 0 Å². The molecule has 0 aliphatic carbocycles. The maximum Gasteiger partial charge on any atom is 0.115 e. The van der Waals surface area contributed by atoms with Gasteiger partial charge in [-0.2, -0.15) is 0 Å². The van der Waals surface area contributed by atoms with Crippen molar-refractivity contribution in [3.63, 3.8) is 0 Å². The second-order valence-electron chi connectivity index (χ2n) is 4.67. The Morgan fingerprint density at radius 1 is 1.15 bits per heavy atom. The summed E-state index contributed by atoms with van der Waals surface area (Å²) in [4.78, 5) is 4.41. The average Bonchev–Trinajstić information content (AvgIpc) is 2.49. The van der Waals surface area contributed by atoms with E-state index in [0.717, 1.165) is 31.7 Å². The van der Waals surface area contributed by atoms with E-state index >= 15 is 0 Å². The number of nitrogens with zero attached hydrogens (tertiary/aromatic N) is 5. The maximum absolute atomic E-state index is 8.70. The van der Waals surface area contributed by atoms with Crippen LogP contribution in [0.4, 0.5) is 0 Å². The lowest BCUT2D eigenvalue weighted by Gasteiger charge is -2.30. The molecular formula is C14H19N5O. The van der Waals surface area contributed by atoms with E-state index in [1.54, 1.807) is 6.34 Å². The molecule has 1 N–H and O–H groups in total. The van der Waals surface area contributed by atoms with E-state index in [2.05, 4.69) is 32.2 Å². The van der Waals surface area contributed by atoms with E-state index in [1.807, 2.05) is 30.3 Å². The van der Waals surface area contributed by atoms with E-state index in [4.69, 9.17) is 5.21 Å². The zero-order valence-corrected chi connectivity index (χ0v) is 11.6. The summed E-state index contributed by atoms with van der Waals surface area (Å²) >= 11 is 0. The van der Waals surface area contributed by atoms with Gasteiger partial charge in [0.25, 0.3) is 0 Å². The van der Waals surface area contributed by atoms with Gasteiger partial charge in [-0.15, -0.1) is 10.2 Å². The highest BCUT2D eigenvalue weighted by atomic mass is 16.4. The monoisotopic (exact) mass is 273 g/mol. The van der Waals surface area contributed by atoms with Crippen LogP contribution >= 0.6 is 0 Å². The molecule has 0 unspecified atom stereocenters. The molecule has 6 nitrogen and oxygen atoms in total. The van der Waals surface area contributed by atoms with Crippen molar-refractivity contribution in [3.05, 3.63) is 35.9 Å².